The number of carbonyl (C=O) groups is 1. The molecule has 3 aromatic carbocycles. The molecule has 0 aromatic heterocycles. The summed E-state index contributed by atoms with van der Waals surface area (Å²) in [7, 11) is 0. The number of amides is 1. The van der Waals surface area contributed by atoms with E-state index in [1.807, 2.05) is 87.5 Å². The number of nitrogens with one attached hydrogen (secondary N) is 1. The lowest BCUT2D eigenvalue weighted by Gasteiger charge is -2.13. The molecule has 1 aliphatic rings. The molecule has 4 rings (SSSR count). The lowest BCUT2D eigenvalue weighted by Crippen LogP contribution is -2.19. The Bertz CT molecular complexity index is 1290. The number of hydrogen-bond acceptors (Lipinski definition) is 5. The Hall–Kier alpha value is -3.22. The van der Waals surface area contributed by atoms with Crippen LogP contribution in [-0.2, 0) is 11.4 Å². The quantitative estimate of drug-likeness (QED) is 0.367. The van der Waals surface area contributed by atoms with Crippen molar-refractivity contribution in [3.8, 4) is 11.5 Å². The third-order valence-electron chi connectivity index (χ3n) is 5.36. The summed E-state index contributed by atoms with van der Waals surface area (Å²) in [5.41, 5.74) is 4.83. The number of aryl methyl sites for hydroxylation is 1. The number of rotatable bonds is 7. The number of halogens is 1. The molecule has 7 heteroatoms. The topological polar surface area (TPSA) is 59.9 Å². The van der Waals surface area contributed by atoms with Crippen molar-refractivity contribution in [1.29, 1.82) is 0 Å². The molecular weight excluding hydrogens is 468 g/mol. The van der Waals surface area contributed by atoms with Crippen molar-refractivity contribution < 1.29 is 14.3 Å². The molecule has 0 radical (unpaired) electrons. The molecule has 0 saturated carbocycles. The number of nitrogens with zero attached hydrogens (tertiary/aromatic N) is 1. The third-order valence-corrected chi connectivity index (χ3v) is 6.63. The van der Waals surface area contributed by atoms with Gasteiger partial charge in [0.15, 0.2) is 16.7 Å². The summed E-state index contributed by atoms with van der Waals surface area (Å²) in [6.07, 6.45) is 1.83. The molecule has 34 heavy (non-hydrogen) atoms. The highest BCUT2D eigenvalue weighted by molar-refractivity contribution is 8.18. The smallest absolute Gasteiger partial charge is 0.264 e. The van der Waals surface area contributed by atoms with Gasteiger partial charge in [0.1, 0.15) is 6.61 Å². The first-order valence-electron chi connectivity index (χ1n) is 10.9. The summed E-state index contributed by atoms with van der Waals surface area (Å²) in [5, 5.41) is 4.07. The molecule has 1 N–H and O–H groups in total. The normalized spacial score (nSPS) is 15.6. The van der Waals surface area contributed by atoms with E-state index in [1.165, 1.54) is 11.8 Å². The minimum Gasteiger partial charge on any atom is -0.490 e. The Morgan fingerprint density at radius 2 is 1.85 bits per heavy atom. The maximum absolute atomic E-state index is 12.6. The second-order valence-corrected chi connectivity index (χ2v) is 9.16. The van der Waals surface area contributed by atoms with E-state index in [9.17, 15) is 4.79 Å². The van der Waals surface area contributed by atoms with Crippen molar-refractivity contribution in [2.75, 3.05) is 6.61 Å². The van der Waals surface area contributed by atoms with Gasteiger partial charge in [-0.2, -0.15) is 0 Å². The molecule has 0 unspecified atom stereocenters. The van der Waals surface area contributed by atoms with Gasteiger partial charge < -0.3 is 14.8 Å². The molecule has 1 aliphatic heterocycles. The zero-order chi connectivity index (χ0) is 24.1. The highest BCUT2D eigenvalue weighted by Crippen LogP contribution is 2.34. The van der Waals surface area contributed by atoms with Crippen molar-refractivity contribution in [3.63, 3.8) is 0 Å². The number of hydrogen-bond donors (Lipinski definition) is 1. The molecule has 1 saturated heterocycles. The zero-order valence-corrected chi connectivity index (χ0v) is 20.8. The summed E-state index contributed by atoms with van der Waals surface area (Å²) in [6.45, 7) is 6.81. The van der Waals surface area contributed by atoms with E-state index >= 15 is 0 Å². The van der Waals surface area contributed by atoms with Gasteiger partial charge in [-0.15, -0.1) is 0 Å². The zero-order valence-electron chi connectivity index (χ0n) is 19.2. The van der Waals surface area contributed by atoms with E-state index in [4.69, 9.17) is 21.1 Å². The second-order valence-electron chi connectivity index (χ2n) is 7.72. The van der Waals surface area contributed by atoms with Crippen LogP contribution in [0.1, 0.15) is 29.2 Å². The van der Waals surface area contributed by atoms with Crippen LogP contribution in [0.25, 0.3) is 6.08 Å². The van der Waals surface area contributed by atoms with Gasteiger partial charge in [-0.05, 0) is 79.6 Å². The van der Waals surface area contributed by atoms with Crippen LogP contribution >= 0.6 is 23.4 Å². The molecular formula is C27H25ClN2O3S. The van der Waals surface area contributed by atoms with Gasteiger partial charge in [-0.1, -0.05) is 48.0 Å². The fourth-order valence-electron chi connectivity index (χ4n) is 3.37. The van der Waals surface area contributed by atoms with Crippen LogP contribution in [0.4, 0.5) is 5.69 Å². The van der Waals surface area contributed by atoms with Gasteiger partial charge in [0.25, 0.3) is 5.91 Å². The summed E-state index contributed by atoms with van der Waals surface area (Å²) < 4.78 is 11.8. The highest BCUT2D eigenvalue weighted by atomic mass is 35.5. The minimum absolute atomic E-state index is 0.175. The number of aliphatic imine (C=N–C) groups is 1. The summed E-state index contributed by atoms with van der Waals surface area (Å²) in [6, 6.07) is 19.1. The monoisotopic (exact) mass is 492 g/mol. The standard InChI is InChI=1S/C27H25ClN2O3S/c1-4-32-24-14-19(12-13-23(24)33-16-20-9-5-6-10-21(20)28)15-25-26(31)30-27(34-25)29-22-11-7-8-17(2)18(22)3/h5-15H,4,16H2,1-3H3,(H,29,30,31). The lowest BCUT2D eigenvalue weighted by atomic mass is 10.1. The van der Waals surface area contributed by atoms with E-state index in [0.717, 1.165) is 27.9 Å². The predicted octanol–water partition coefficient (Wildman–Crippen LogP) is 6.83. The van der Waals surface area contributed by atoms with Crippen LogP contribution in [-0.4, -0.2) is 17.7 Å². The van der Waals surface area contributed by atoms with Gasteiger partial charge in [0, 0.05) is 10.6 Å². The van der Waals surface area contributed by atoms with E-state index in [0.29, 0.717) is 39.8 Å². The molecule has 0 bridgehead atoms. The predicted molar refractivity (Wildman–Crippen MR) is 140 cm³/mol. The molecule has 0 spiro atoms. The molecule has 174 valence electrons. The molecule has 5 nitrogen and oxygen atoms in total. The lowest BCUT2D eigenvalue weighted by molar-refractivity contribution is -0.115. The van der Waals surface area contributed by atoms with Crippen LogP contribution < -0.4 is 14.8 Å². The maximum Gasteiger partial charge on any atom is 0.264 e. The Morgan fingerprint density at radius 3 is 2.65 bits per heavy atom. The number of thioether (sulfide) groups is 1. The molecule has 1 heterocycles. The van der Waals surface area contributed by atoms with E-state index in [2.05, 4.69) is 10.3 Å². The average molecular weight is 493 g/mol. The van der Waals surface area contributed by atoms with Crippen molar-refractivity contribution in [2.45, 2.75) is 27.4 Å². The number of ether oxygens (including phenoxy) is 2. The first-order valence-corrected chi connectivity index (χ1v) is 12.1. The fraction of sp³-hybridized carbons (Fsp3) is 0.185. The molecule has 0 aliphatic carbocycles. The van der Waals surface area contributed by atoms with Crippen molar-refractivity contribution >= 4 is 46.2 Å². The summed E-state index contributed by atoms with van der Waals surface area (Å²) in [5.74, 6) is 1.05. The van der Waals surface area contributed by atoms with Gasteiger partial charge in [-0.3, -0.25) is 4.79 Å². The number of carbonyl (C=O) groups excluding carboxylic acids is 1. The Morgan fingerprint density at radius 1 is 1.03 bits per heavy atom. The number of benzene rings is 3. The second kappa shape index (κ2) is 10.8. The SMILES string of the molecule is CCOc1cc(C=C2SC(=Nc3cccc(C)c3C)NC2=O)ccc1OCc1ccccc1Cl. The van der Waals surface area contributed by atoms with Crippen LogP contribution in [0.15, 0.2) is 70.6 Å². The van der Waals surface area contributed by atoms with Gasteiger partial charge in [-0.25, -0.2) is 4.99 Å². The summed E-state index contributed by atoms with van der Waals surface area (Å²) in [4.78, 5) is 17.7. The van der Waals surface area contributed by atoms with Gasteiger partial charge in [0.2, 0.25) is 0 Å². The molecule has 1 amide bonds. The van der Waals surface area contributed by atoms with E-state index in [1.54, 1.807) is 0 Å². The Labute approximate surface area is 208 Å². The number of amidine groups is 1. The Balaban J connectivity index is 1.53. The summed E-state index contributed by atoms with van der Waals surface area (Å²) >= 11 is 7.55. The Kier molecular flexibility index (Phi) is 7.60. The molecule has 3 aromatic rings. The van der Waals surface area contributed by atoms with Crippen LogP contribution in [0, 0.1) is 13.8 Å². The first kappa shape index (κ1) is 23.9. The van der Waals surface area contributed by atoms with Crippen molar-refractivity contribution in [3.05, 3.63) is 92.8 Å². The maximum atomic E-state index is 12.6. The average Bonchev–Trinajstić information content (AvgIpc) is 3.16. The largest absolute Gasteiger partial charge is 0.490 e. The third kappa shape index (κ3) is 5.64. The van der Waals surface area contributed by atoms with Crippen molar-refractivity contribution in [1.82, 2.24) is 5.32 Å². The molecule has 0 atom stereocenters. The van der Waals surface area contributed by atoms with Crippen LogP contribution in [0.3, 0.4) is 0 Å². The first-order chi connectivity index (χ1) is 16.4. The highest BCUT2D eigenvalue weighted by Gasteiger charge is 2.24. The van der Waals surface area contributed by atoms with Crippen LogP contribution in [0.2, 0.25) is 5.02 Å². The van der Waals surface area contributed by atoms with E-state index in [-0.39, 0.29) is 5.91 Å². The minimum atomic E-state index is -0.175. The van der Waals surface area contributed by atoms with Gasteiger partial charge in [0.05, 0.1) is 17.2 Å². The fourth-order valence-corrected chi connectivity index (χ4v) is 4.40. The van der Waals surface area contributed by atoms with Crippen LogP contribution in [0.5, 0.6) is 11.5 Å². The van der Waals surface area contributed by atoms with E-state index < -0.39 is 0 Å². The molecule has 1 fully saturated rings. The van der Waals surface area contributed by atoms with Crippen molar-refractivity contribution in [2.24, 2.45) is 4.99 Å². The van der Waals surface area contributed by atoms with Gasteiger partial charge >= 0.3 is 0 Å².